The lowest BCUT2D eigenvalue weighted by molar-refractivity contribution is 0.0759. The largest absolute Gasteiger partial charge is 0.497 e. The molecule has 0 saturated heterocycles. The molecule has 6 heteroatoms. The molecule has 32 heavy (non-hydrogen) atoms. The molecular formula is C26H27N3O3. The molecule has 2 aliphatic rings. The van der Waals surface area contributed by atoms with E-state index in [0.717, 1.165) is 59.8 Å². The Morgan fingerprint density at radius 2 is 1.69 bits per heavy atom. The number of hydrogen-bond acceptors (Lipinski definition) is 5. The summed E-state index contributed by atoms with van der Waals surface area (Å²) in [5, 5.41) is 0. The van der Waals surface area contributed by atoms with E-state index in [0.29, 0.717) is 30.3 Å². The highest BCUT2D eigenvalue weighted by molar-refractivity contribution is 5.97. The van der Waals surface area contributed by atoms with Crippen LogP contribution in [0, 0.1) is 0 Å². The van der Waals surface area contributed by atoms with Crippen molar-refractivity contribution in [1.29, 1.82) is 0 Å². The molecule has 164 valence electrons. The maximum absolute atomic E-state index is 13.3. The molecule has 2 aromatic carbocycles. The summed E-state index contributed by atoms with van der Waals surface area (Å²) in [4.78, 5) is 25.2. The quantitative estimate of drug-likeness (QED) is 0.606. The van der Waals surface area contributed by atoms with Crippen molar-refractivity contribution in [2.24, 2.45) is 0 Å². The lowest BCUT2D eigenvalue weighted by Crippen LogP contribution is -2.33. The van der Waals surface area contributed by atoms with E-state index >= 15 is 0 Å². The minimum absolute atomic E-state index is 0.00312. The second-order valence-electron chi connectivity index (χ2n) is 8.35. The first-order valence-corrected chi connectivity index (χ1v) is 11.1. The van der Waals surface area contributed by atoms with Crippen molar-refractivity contribution in [1.82, 2.24) is 14.9 Å². The lowest BCUT2D eigenvalue weighted by atomic mass is 10.0. The van der Waals surface area contributed by atoms with Crippen molar-refractivity contribution >= 4 is 5.91 Å². The van der Waals surface area contributed by atoms with Gasteiger partial charge in [0.1, 0.15) is 17.3 Å². The third kappa shape index (κ3) is 3.93. The van der Waals surface area contributed by atoms with E-state index in [1.807, 2.05) is 41.3 Å². The number of carbonyl (C=O) groups is 1. The minimum Gasteiger partial charge on any atom is -0.497 e. The number of carbonyl (C=O) groups excluding carboxylic acids is 1. The third-order valence-corrected chi connectivity index (χ3v) is 6.29. The molecule has 6 nitrogen and oxygen atoms in total. The number of methoxy groups -OCH3 is 2. The van der Waals surface area contributed by atoms with Crippen LogP contribution in [0.1, 0.15) is 46.2 Å². The van der Waals surface area contributed by atoms with Gasteiger partial charge in [-0.2, -0.15) is 0 Å². The molecule has 5 rings (SSSR count). The zero-order valence-corrected chi connectivity index (χ0v) is 18.5. The summed E-state index contributed by atoms with van der Waals surface area (Å²) in [6, 6.07) is 15.5. The molecule has 0 radical (unpaired) electrons. The lowest BCUT2D eigenvalue weighted by Gasteiger charge is -2.21. The monoisotopic (exact) mass is 429 g/mol. The smallest absolute Gasteiger partial charge is 0.257 e. The molecule has 1 amide bonds. The highest BCUT2D eigenvalue weighted by Crippen LogP contribution is 2.40. The summed E-state index contributed by atoms with van der Waals surface area (Å²) in [5.74, 6) is 2.83. The van der Waals surface area contributed by atoms with E-state index in [4.69, 9.17) is 19.4 Å². The Morgan fingerprint density at radius 3 is 2.41 bits per heavy atom. The van der Waals surface area contributed by atoms with Crippen LogP contribution >= 0.6 is 0 Å². The van der Waals surface area contributed by atoms with E-state index in [1.54, 1.807) is 14.2 Å². The SMILES string of the molecule is COc1ccc(-c2nc(C3CC3)nc3c2CCN(C(=O)c2ccccc2OC)CC3)cc1. The molecule has 1 aromatic heterocycles. The van der Waals surface area contributed by atoms with Gasteiger partial charge >= 0.3 is 0 Å². The molecule has 0 unspecified atom stereocenters. The number of aromatic nitrogens is 2. The second kappa shape index (κ2) is 8.61. The first kappa shape index (κ1) is 20.5. The van der Waals surface area contributed by atoms with Gasteiger partial charge in [-0.05, 0) is 55.7 Å². The summed E-state index contributed by atoms with van der Waals surface area (Å²) in [7, 11) is 3.27. The van der Waals surface area contributed by atoms with E-state index < -0.39 is 0 Å². The van der Waals surface area contributed by atoms with Gasteiger partial charge in [0.2, 0.25) is 0 Å². The zero-order valence-electron chi connectivity index (χ0n) is 18.5. The van der Waals surface area contributed by atoms with Gasteiger partial charge in [0.25, 0.3) is 5.91 Å². The number of amides is 1. The Labute approximate surface area is 188 Å². The molecule has 1 aliphatic carbocycles. The van der Waals surface area contributed by atoms with Gasteiger partial charge in [-0.25, -0.2) is 9.97 Å². The summed E-state index contributed by atoms with van der Waals surface area (Å²) >= 11 is 0. The van der Waals surface area contributed by atoms with Gasteiger partial charge in [-0.3, -0.25) is 4.79 Å². The molecule has 1 saturated carbocycles. The van der Waals surface area contributed by atoms with Crippen molar-refractivity contribution < 1.29 is 14.3 Å². The molecule has 1 aliphatic heterocycles. The van der Waals surface area contributed by atoms with Gasteiger partial charge in [-0.1, -0.05) is 12.1 Å². The number of fused-ring (bicyclic) bond motifs is 1. The highest BCUT2D eigenvalue weighted by atomic mass is 16.5. The van der Waals surface area contributed by atoms with Crippen LogP contribution in [-0.2, 0) is 12.8 Å². The van der Waals surface area contributed by atoms with Crippen molar-refractivity contribution in [3.8, 4) is 22.8 Å². The predicted octanol–water partition coefficient (Wildman–Crippen LogP) is 4.28. The maximum Gasteiger partial charge on any atom is 0.257 e. The topological polar surface area (TPSA) is 64.6 Å². The van der Waals surface area contributed by atoms with Gasteiger partial charge < -0.3 is 14.4 Å². The van der Waals surface area contributed by atoms with Crippen molar-refractivity contribution in [3.63, 3.8) is 0 Å². The minimum atomic E-state index is -0.00312. The van der Waals surface area contributed by atoms with Gasteiger partial charge in [0.05, 0.1) is 25.5 Å². The Balaban J connectivity index is 1.48. The van der Waals surface area contributed by atoms with E-state index in [2.05, 4.69) is 12.1 Å². The number of rotatable bonds is 5. The Bertz CT molecular complexity index is 1140. The molecule has 0 spiro atoms. The average molecular weight is 430 g/mol. The summed E-state index contributed by atoms with van der Waals surface area (Å²) < 4.78 is 10.7. The second-order valence-corrected chi connectivity index (χ2v) is 8.35. The third-order valence-electron chi connectivity index (χ3n) is 6.29. The van der Waals surface area contributed by atoms with Crippen LogP contribution in [0.5, 0.6) is 11.5 Å². The van der Waals surface area contributed by atoms with Gasteiger partial charge in [0, 0.05) is 42.2 Å². The van der Waals surface area contributed by atoms with Crippen LogP contribution in [-0.4, -0.2) is 48.1 Å². The van der Waals surface area contributed by atoms with Crippen LogP contribution in [0.2, 0.25) is 0 Å². The zero-order chi connectivity index (χ0) is 22.1. The van der Waals surface area contributed by atoms with Crippen LogP contribution in [0.3, 0.4) is 0 Å². The Kier molecular flexibility index (Phi) is 5.52. The fourth-order valence-corrected chi connectivity index (χ4v) is 4.32. The first-order valence-electron chi connectivity index (χ1n) is 11.1. The maximum atomic E-state index is 13.3. The summed E-state index contributed by atoms with van der Waals surface area (Å²) in [6.07, 6.45) is 3.75. The molecule has 2 heterocycles. The standard InChI is InChI=1S/C26H27N3O3/c1-31-19-11-9-17(10-12-19)24-20-13-15-29(26(30)21-5-3-4-6-23(21)32-2)16-14-22(20)27-25(28-24)18-7-8-18/h3-6,9-12,18H,7-8,13-16H2,1-2H3. The predicted molar refractivity (Wildman–Crippen MR) is 122 cm³/mol. The Hall–Kier alpha value is -3.41. The first-order chi connectivity index (χ1) is 15.7. The van der Waals surface area contributed by atoms with Gasteiger partial charge in [-0.15, -0.1) is 0 Å². The normalized spacial score (nSPS) is 15.6. The fraction of sp³-hybridized carbons (Fsp3) is 0.346. The fourth-order valence-electron chi connectivity index (χ4n) is 4.32. The van der Waals surface area contributed by atoms with Crippen LogP contribution in [0.25, 0.3) is 11.3 Å². The molecule has 0 bridgehead atoms. The number of nitrogens with zero attached hydrogens (tertiary/aromatic N) is 3. The van der Waals surface area contributed by atoms with Crippen LogP contribution < -0.4 is 9.47 Å². The molecule has 1 fully saturated rings. The van der Waals surface area contributed by atoms with Crippen molar-refractivity contribution in [2.75, 3.05) is 27.3 Å². The Morgan fingerprint density at radius 1 is 0.938 bits per heavy atom. The van der Waals surface area contributed by atoms with Crippen LogP contribution in [0.15, 0.2) is 48.5 Å². The number of hydrogen-bond donors (Lipinski definition) is 0. The number of para-hydroxylation sites is 1. The molecule has 0 N–H and O–H groups in total. The average Bonchev–Trinajstić information content (AvgIpc) is 3.70. The van der Waals surface area contributed by atoms with E-state index in [-0.39, 0.29) is 5.91 Å². The van der Waals surface area contributed by atoms with E-state index in [1.165, 1.54) is 0 Å². The summed E-state index contributed by atoms with van der Waals surface area (Å²) in [6.45, 7) is 1.26. The van der Waals surface area contributed by atoms with E-state index in [9.17, 15) is 4.79 Å². The summed E-state index contributed by atoms with van der Waals surface area (Å²) in [5.41, 5.74) is 4.88. The molecular weight excluding hydrogens is 402 g/mol. The molecule has 3 aromatic rings. The van der Waals surface area contributed by atoms with Crippen molar-refractivity contribution in [3.05, 3.63) is 71.2 Å². The number of benzene rings is 2. The number of ether oxygens (including phenoxy) is 2. The van der Waals surface area contributed by atoms with Gasteiger partial charge in [0.15, 0.2) is 0 Å². The molecule has 0 atom stereocenters. The van der Waals surface area contributed by atoms with Crippen LogP contribution in [0.4, 0.5) is 0 Å². The van der Waals surface area contributed by atoms with Crippen molar-refractivity contribution in [2.45, 2.75) is 31.6 Å². The highest BCUT2D eigenvalue weighted by Gasteiger charge is 2.30.